The van der Waals surface area contributed by atoms with Crippen LogP contribution in [-0.2, 0) is 19.1 Å². The van der Waals surface area contributed by atoms with Gasteiger partial charge in [-0.1, -0.05) is 12.1 Å². The van der Waals surface area contributed by atoms with Gasteiger partial charge in [-0.2, -0.15) is 18.3 Å². The summed E-state index contributed by atoms with van der Waals surface area (Å²) < 4.78 is 38.7. The predicted molar refractivity (Wildman–Crippen MR) is 63.4 cm³/mol. The monoisotopic (exact) mass is 270 g/mol. The molecule has 19 heavy (non-hydrogen) atoms. The van der Waals surface area contributed by atoms with Crippen LogP contribution in [0.2, 0.25) is 0 Å². The lowest BCUT2D eigenvalue weighted by molar-refractivity contribution is -0.137. The number of halogens is 3. The van der Waals surface area contributed by atoms with Crippen LogP contribution in [0.15, 0.2) is 42.7 Å². The molecule has 0 fully saturated rings. The van der Waals surface area contributed by atoms with Crippen LogP contribution in [0.25, 0.3) is 0 Å². The van der Waals surface area contributed by atoms with Crippen LogP contribution in [0.1, 0.15) is 11.1 Å². The largest absolute Gasteiger partial charge is 0.416 e. The third kappa shape index (κ3) is 3.82. The number of hydrogen-bond donors (Lipinski definition) is 1. The Morgan fingerprint density at radius 2 is 1.89 bits per heavy atom. The Morgan fingerprint density at radius 1 is 1.21 bits per heavy atom. The highest BCUT2D eigenvalue weighted by atomic mass is 19.4. The Kier molecular flexibility index (Phi) is 3.90. The Hall–Kier alpha value is -1.82. The van der Waals surface area contributed by atoms with E-state index < -0.39 is 17.8 Å². The average Bonchev–Trinajstić information content (AvgIpc) is 2.81. The van der Waals surface area contributed by atoms with Crippen LogP contribution in [-0.4, -0.2) is 21.0 Å². The third-order valence-electron chi connectivity index (χ3n) is 2.71. The molecule has 0 aliphatic carbocycles. The molecule has 0 radical (unpaired) electrons. The van der Waals surface area contributed by atoms with Gasteiger partial charge in [0.1, 0.15) is 0 Å². The maximum Gasteiger partial charge on any atom is 0.416 e. The van der Waals surface area contributed by atoms with E-state index >= 15 is 0 Å². The van der Waals surface area contributed by atoms with Crippen molar-refractivity contribution in [3.05, 3.63) is 53.9 Å². The molecule has 1 N–H and O–H groups in total. The minimum atomic E-state index is -4.33. The van der Waals surface area contributed by atoms with E-state index in [1.807, 2.05) is 0 Å². The molecule has 102 valence electrons. The summed E-state index contributed by atoms with van der Waals surface area (Å²) in [6.07, 6.45) is -1.40. The highest BCUT2D eigenvalue weighted by Gasteiger charge is 2.29. The van der Waals surface area contributed by atoms with E-state index in [1.165, 1.54) is 12.1 Å². The van der Waals surface area contributed by atoms with Crippen LogP contribution >= 0.6 is 0 Å². The van der Waals surface area contributed by atoms with Crippen molar-refractivity contribution in [1.29, 1.82) is 0 Å². The molecular weight excluding hydrogens is 257 g/mol. The van der Waals surface area contributed by atoms with Gasteiger partial charge in [-0.3, -0.25) is 4.68 Å². The summed E-state index contributed by atoms with van der Waals surface area (Å²) in [7, 11) is 0. The van der Waals surface area contributed by atoms with Crippen molar-refractivity contribution >= 4 is 0 Å². The molecular formula is C13H13F3N2O. The molecule has 0 saturated carbocycles. The van der Waals surface area contributed by atoms with Crippen LogP contribution in [0.3, 0.4) is 0 Å². The first-order valence-corrected chi connectivity index (χ1v) is 5.77. The molecule has 0 bridgehead atoms. The fourth-order valence-corrected chi connectivity index (χ4v) is 1.79. The zero-order valence-corrected chi connectivity index (χ0v) is 10.0. The van der Waals surface area contributed by atoms with E-state index in [1.54, 1.807) is 23.1 Å². The summed E-state index contributed by atoms with van der Waals surface area (Å²) >= 11 is 0. The second kappa shape index (κ2) is 5.44. The first-order valence-electron chi connectivity index (χ1n) is 5.77. The molecule has 0 unspecified atom stereocenters. The lowest BCUT2D eigenvalue weighted by atomic mass is 10.1. The number of rotatable bonds is 4. The van der Waals surface area contributed by atoms with Crippen molar-refractivity contribution < 1.29 is 18.3 Å². The lowest BCUT2D eigenvalue weighted by Gasteiger charge is -2.12. The molecule has 1 aromatic carbocycles. The van der Waals surface area contributed by atoms with Crippen molar-refractivity contribution in [2.24, 2.45) is 0 Å². The summed E-state index contributed by atoms with van der Waals surface area (Å²) in [4.78, 5) is 0. The summed E-state index contributed by atoms with van der Waals surface area (Å²) in [5, 5.41) is 13.8. The Morgan fingerprint density at radius 3 is 2.42 bits per heavy atom. The van der Waals surface area contributed by atoms with Crippen molar-refractivity contribution in [1.82, 2.24) is 9.78 Å². The van der Waals surface area contributed by atoms with Crippen molar-refractivity contribution in [3.63, 3.8) is 0 Å². The van der Waals surface area contributed by atoms with Gasteiger partial charge < -0.3 is 5.11 Å². The van der Waals surface area contributed by atoms with E-state index in [9.17, 15) is 18.3 Å². The van der Waals surface area contributed by atoms with Gasteiger partial charge in [-0.05, 0) is 23.8 Å². The van der Waals surface area contributed by atoms with Crippen LogP contribution in [0.4, 0.5) is 13.2 Å². The van der Waals surface area contributed by atoms with Crippen molar-refractivity contribution in [3.8, 4) is 0 Å². The van der Waals surface area contributed by atoms with Crippen molar-refractivity contribution in [2.45, 2.75) is 25.2 Å². The first-order chi connectivity index (χ1) is 8.95. The number of nitrogens with zero attached hydrogens (tertiary/aromatic N) is 2. The maximum atomic E-state index is 12.4. The number of aromatic nitrogens is 2. The summed E-state index contributed by atoms with van der Waals surface area (Å²) in [6.45, 7) is 0.314. The SMILES string of the molecule is O[C@@H](Cc1ccc(C(F)(F)F)cc1)Cn1cccn1. The number of alkyl halides is 3. The zero-order valence-electron chi connectivity index (χ0n) is 10.0. The van der Waals surface area contributed by atoms with E-state index in [0.29, 0.717) is 12.1 Å². The third-order valence-corrected chi connectivity index (χ3v) is 2.71. The molecule has 1 heterocycles. The Balaban J connectivity index is 1.96. The predicted octanol–water partition coefficient (Wildman–Crippen LogP) is 2.51. The number of aliphatic hydroxyl groups is 1. The second-order valence-corrected chi connectivity index (χ2v) is 4.28. The molecule has 0 saturated heterocycles. The lowest BCUT2D eigenvalue weighted by Crippen LogP contribution is -2.19. The maximum absolute atomic E-state index is 12.4. The summed E-state index contributed by atoms with van der Waals surface area (Å²) in [5.74, 6) is 0. The number of benzene rings is 1. The van der Waals surface area contributed by atoms with E-state index in [-0.39, 0.29) is 6.42 Å². The van der Waals surface area contributed by atoms with Gasteiger partial charge in [0.25, 0.3) is 0 Å². The average molecular weight is 270 g/mol. The molecule has 0 aliphatic rings. The van der Waals surface area contributed by atoms with Crippen LogP contribution < -0.4 is 0 Å². The minimum absolute atomic E-state index is 0.290. The van der Waals surface area contributed by atoms with Gasteiger partial charge in [0, 0.05) is 18.8 Å². The minimum Gasteiger partial charge on any atom is -0.391 e. The normalized spacial score (nSPS) is 13.5. The molecule has 0 spiro atoms. The first kappa shape index (κ1) is 13.6. The second-order valence-electron chi connectivity index (χ2n) is 4.28. The van der Waals surface area contributed by atoms with Crippen molar-refractivity contribution in [2.75, 3.05) is 0 Å². The van der Waals surface area contributed by atoms with Gasteiger partial charge in [-0.25, -0.2) is 0 Å². The molecule has 3 nitrogen and oxygen atoms in total. The number of hydrogen-bond acceptors (Lipinski definition) is 2. The van der Waals surface area contributed by atoms with Gasteiger partial charge in [0.15, 0.2) is 0 Å². The van der Waals surface area contributed by atoms with E-state index in [2.05, 4.69) is 5.10 Å². The topological polar surface area (TPSA) is 38.0 Å². The van der Waals surface area contributed by atoms with E-state index in [4.69, 9.17) is 0 Å². The molecule has 1 aromatic heterocycles. The molecule has 2 rings (SSSR count). The van der Waals surface area contributed by atoms with Crippen LogP contribution in [0, 0.1) is 0 Å². The van der Waals surface area contributed by atoms with Crippen LogP contribution in [0.5, 0.6) is 0 Å². The van der Waals surface area contributed by atoms with Gasteiger partial charge in [0.2, 0.25) is 0 Å². The van der Waals surface area contributed by atoms with Gasteiger partial charge in [0.05, 0.1) is 18.2 Å². The molecule has 0 amide bonds. The summed E-state index contributed by atoms with van der Waals surface area (Å²) in [5.41, 5.74) is -0.0227. The van der Waals surface area contributed by atoms with Gasteiger partial charge in [-0.15, -0.1) is 0 Å². The molecule has 0 aliphatic heterocycles. The Labute approximate surface area is 108 Å². The van der Waals surface area contributed by atoms with Gasteiger partial charge >= 0.3 is 6.18 Å². The zero-order chi connectivity index (χ0) is 13.9. The van der Waals surface area contributed by atoms with E-state index in [0.717, 1.165) is 12.1 Å². The quantitative estimate of drug-likeness (QED) is 0.927. The molecule has 6 heteroatoms. The highest BCUT2D eigenvalue weighted by Crippen LogP contribution is 2.29. The smallest absolute Gasteiger partial charge is 0.391 e. The number of aliphatic hydroxyl groups excluding tert-OH is 1. The molecule has 1 atom stereocenters. The highest BCUT2D eigenvalue weighted by molar-refractivity contribution is 5.25. The fourth-order valence-electron chi connectivity index (χ4n) is 1.79. The summed E-state index contributed by atoms with van der Waals surface area (Å²) in [6, 6.07) is 6.56. The fraction of sp³-hybridized carbons (Fsp3) is 0.308. The Bertz CT molecular complexity index is 506. The molecule has 2 aromatic rings. The standard InChI is InChI=1S/C13H13F3N2O/c14-13(15,16)11-4-2-10(3-5-11)8-12(19)9-18-7-1-6-17-18/h1-7,12,19H,8-9H2/t12-/m0/s1.